The van der Waals surface area contributed by atoms with Gasteiger partial charge in [-0.25, -0.2) is 0 Å². The number of amides is 1. The SMILES string of the molecule is NC(=O)C(c1ccccc1)N1CCN(c2ccc([N+](=O)[O-])cc2C(F)(F)F)CC1. The molecule has 0 spiro atoms. The molecule has 0 aliphatic carbocycles. The number of nitrogens with zero attached hydrogens (tertiary/aromatic N) is 3. The van der Waals surface area contributed by atoms with Crippen LogP contribution in [0, 0.1) is 10.1 Å². The molecule has 1 fully saturated rings. The highest BCUT2D eigenvalue weighted by molar-refractivity contribution is 5.81. The fourth-order valence-electron chi connectivity index (χ4n) is 3.55. The van der Waals surface area contributed by atoms with Crippen molar-refractivity contribution < 1.29 is 22.9 Å². The Morgan fingerprint density at radius 3 is 2.21 bits per heavy atom. The normalized spacial score (nSPS) is 16.4. The third-order valence-corrected chi connectivity index (χ3v) is 4.90. The van der Waals surface area contributed by atoms with Crippen molar-refractivity contribution in [1.82, 2.24) is 4.90 Å². The molecule has 1 atom stereocenters. The molecule has 0 saturated carbocycles. The van der Waals surface area contributed by atoms with Gasteiger partial charge in [-0.2, -0.15) is 13.2 Å². The van der Waals surface area contributed by atoms with Gasteiger partial charge in [0.05, 0.1) is 10.5 Å². The lowest BCUT2D eigenvalue weighted by Gasteiger charge is -2.40. The lowest BCUT2D eigenvalue weighted by Crippen LogP contribution is -2.50. The Morgan fingerprint density at radius 1 is 1.07 bits per heavy atom. The van der Waals surface area contributed by atoms with E-state index < -0.39 is 34.3 Å². The number of nitro groups is 1. The number of carbonyl (C=O) groups is 1. The first-order chi connectivity index (χ1) is 13.7. The minimum atomic E-state index is -4.72. The number of primary amides is 1. The summed E-state index contributed by atoms with van der Waals surface area (Å²) in [5, 5.41) is 10.9. The maximum atomic E-state index is 13.5. The van der Waals surface area contributed by atoms with Crippen LogP contribution in [0.25, 0.3) is 0 Å². The zero-order valence-corrected chi connectivity index (χ0v) is 15.3. The van der Waals surface area contributed by atoms with Crippen molar-refractivity contribution in [3.8, 4) is 0 Å². The summed E-state index contributed by atoms with van der Waals surface area (Å²) in [5.74, 6) is -0.532. The second-order valence-corrected chi connectivity index (χ2v) is 6.69. The van der Waals surface area contributed by atoms with Crippen LogP contribution in [0.3, 0.4) is 0 Å². The summed E-state index contributed by atoms with van der Waals surface area (Å²) in [7, 11) is 0. The van der Waals surface area contributed by atoms with E-state index in [1.165, 1.54) is 4.90 Å². The first kappa shape index (κ1) is 20.6. The molecule has 0 radical (unpaired) electrons. The van der Waals surface area contributed by atoms with Crippen molar-refractivity contribution in [3.63, 3.8) is 0 Å². The van der Waals surface area contributed by atoms with Crippen LogP contribution in [0.4, 0.5) is 24.5 Å². The number of hydrogen-bond acceptors (Lipinski definition) is 5. The third-order valence-electron chi connectivity index (χ3n) is 4.90. The van der Waals surface area contributed by atoms with Gasteiger partial charge >= 0.3 is 6.18 Å². The molecule has 3 rings (SSSR count). The number of hydrogen-bond donors (Lipinski definition) is 1. The molecule has 154 valence electrons. The fraction of sp³-hybridized carbons (Fsp3) is 0.316. The average Bonchev–Trinajstić information content (AvgIpc) is 2.68. The molecule has 10 heteroatoms. The molecule has 1 heterocycles. The molecule has 1 amide bonds. The second-order valence-electron chi connectivity index (χ2n) is 6.69. The van der Waals surface area contributed by atoms with Crippen molar-refractivity contribution in [1.29, 1.82) is 0 Å². The number of piperazine rings is 1. The van der Waals surface area contributed by atoms with Crippen molar-refractivity contribution >= 4 is 17.3 Å². The van der Waals surface area contributed by atoms with Gasteiger partial charge in [0.2, 0.25) is 5.91 Å². The molecule has 2 aromatic rings. The van der Waals surface area contributed by atoms with Crippen molar-refractivity contribution in [2.75, 3.05) is 31.1 Å². The second kappa shape index (κ2) is 8.08. The van der Waals surface area contributed by atoms with Gasteiger partial charge in [-0.15, -0.1) is 0 Å². The molecular weight excluding hydrogens is 389 g/mol. The molecule has 1 aliphatic heterocycles. The van der Waals surface area contributed by atoms with E-state index in [1.54, 1.807) is 24.3 Å². The number of non-ortho nitro benzene ring substituents is 1. The molecular formula is C19H19F3N4O3. The highest BCUT2D eigenvalue weighted by Gasteiger charge is 2.38. The van der Waals surface area contributed by atoms with E-state index in [2.05, 4.69) is 0 Å². The molecule has 0 aromatic heterocycles. The molecule has 2 N–H and O–H groups in total. The van der Waals surface area contributed by atoms with Crippen LogP contribution >= 0.6 is 0 Å². The van der Waals surface area contributed by atoms with Crippen LogP contribution in [0.5, 0.6) is 0 Å². The Kier molecular flexibility index (Phi) is 5.73. The summed E-state index contributed by atoms with van der Waals surface area (Å²) in [6, 6.07) is 11.0. The van der Waals surface area contributed by atoms with Crippen LogP contribution < -0.4 is 10.6 Å². The summed E-state index contributed by atoms with van der Waals surface area (Å²) in [6.45, 7) is 1.07. The van der Waals surface area contributed by atoms with E-state index in [0.717, 1.165) is 17.7 Å². The Labute approximate surface area is 164 Å². The number of carbonyl (C=O) groups excluding carboxylic acids is 1. The molecule has 1 aliphatic rings. The number of alkyl halides is 3. The summed E-state index contributed by atoms with van der Waals surface area (Å²) in [5.41, 5.74) is 4.51. The Bertz CT molecular complexity index is 897. The van der Waals surface area contributed by atoms with E-state index in [9.17, 15) is 28.1 Å². The number of anilines is 1. The van der Waals surface area contributed by atoms with E-state index >= 15 is 0 Å². The van der Waals surface area contributed by atoms with Gasteiger partial charge in [0, 0.05) is 44.0 Å². The first-order valence-corrected chi connectivity index (χ1v) is 8.87. The molecule has 0 bridgehead atoms. The van der Waals surface area contributed by atoms with Crippen LogP contribution in [0.1, 0.15) is 17.2 Å². The maximum Gasteiger partial charge on any atom is 0.418 e. The minimum Gasteiger partial charge on any atom is -0.368 e. The Morgan fingerprint density at radius 2 is 1.69 bits per heavy atom. The van der Waals surface area contributed by atoms with E-state index in [1.807, 2.05) is 11.0 Å². The van der Waals surface area contributed by atoms with Gasteiger partial charge in [0.25, 0.3) is 5.69 Å². The van der Waals surface area contributed by atoms with Crippen molar-refractivity contribution in [2.24, 2.45) is 5.73 Å². The van der Waals surface area contributed by atoms with Crippen LogP contribution in [0.15, 0.2) is 48.5 Å². The Balaban J connectivity index is 1.82. The van der Waals surface area contributed by atoms with Gasteiger partial charge in [0.1, 0.15) is 6.04 Å². The molecule has 7 nitrogen and oxygen atoms in total. The van der Waals surface area contributed by atoms with Crippen LogP contribution in [-0.2, 0) is 11.0 Å². The van der Waals surface area contributed by atoms with E-state index in [4.69, 9.17) is 5.73 Å². The summed E-state index contributed by atoms with van der Waals surface area (Å²) < 4.78 is 40.4. The summed E-state index contributed by atoms with van der Waals surface area (Å²) >= 11 is 0. The number of nitrogens with two attached hydrogens (primary N) is 1. The molecule has 29 heavy (non-hydrogen) atoms. The standard InChI is InChI=1S/C19H19F3N4O3/c20-19(21,22)15-12-14(26(28)29)6-7-16(15)24-8-10-25(11-9-24)17(18(23)27)13-4-2-1-3-5-13/h1-7,12,17H,8-11H2,(H2,23,27). The van der Waals surface area contributed by atoms with E-state index in [-0.39, 0.29) is 18.8 Å². The van der Waals surface area contributed by atoms with Crippen molar-refractivity contribution in [3.05, 3.63) is 69.8 Å². The predicted octanol–water partition coefficient (Wildman–Crippen LogP) is 2.96. The van der Waals surface area contributed by atoms with Crippen molar-refractivity contribution in [2.45, 2.75) is 12.2 Å². The number of halogens is 3. The summed E-state index contributed by atoms with van der Waals surface area (Å²) in [4.78, 5) is 25.3. The van der Waals surface area contributed by atoms with Crippen LogP contribution in [0.2, 0.25) is 0 Å². The summed E-state index contributed by atoms with van der Waals surface area (Å²) in [6.07, 6.45) is -4.72. The van der Waals surface area contributed by atoms with Gasteiger partial charge in [-0.1, -0.05) is 30.3 Å². The highest BCUT2D eigenvalue weighted by atomic mass is 19.4. The lowest BCUT2D eigenvalue weighted by atomic mass is 10.0. The average molecular weight is 408 g/mol. The number of benzene rings is 2. The Hall–Kier alpha value is -3.14. The number of nitro benzene ring substituents is 1. The van der Waals surface area contributed by atoms with E-state index in [0.29, 0.717) is 19.2 Å². The predicted molar refractivity (Wildman–Crippen MR) is 100 cm³/mol. The lowest BCUT2D eigenvalue weighted by molar-refractivity contribution is -0.385. The largest absolute Gasteiger partial charge is 0.418 e. The van der Waals surface area contributed by atoms with Gasteiger partial charge < -0.3 is 10.6 Å². The third kappa shape index (κ3) is 4.48. The van der Waals surface area contributed by atoms with Gasteiger partial charge in [-0.3, -0.25) is 19.8 Å². The number of rotatable bonds is 5. The van der Waals surface area contributed by atoms with Crippen LogP contribution in [-0.4, -0.2) is 41.9 Å². The fourth-order valence-corrected chi connectivity index (χ4v) is 3.55. The first-order valence-electron chi connectivity index (χ1n) is 8.87. The monoisotopic (exact) mass is 408 g/mol. The molecule has 2 aromatic carbocycles. The molecule has 1 saturated heterocycles. The quantitative estimate of drug-likeness (QED) is 0.607. The highest BCUT2D eigenvalue weighted by Crippen LogP contribution is 2.39. The maximum absolute atomic E-state index is 13.5. The topological polar surface area (TPSA) is 92.7 Å². The minimum absolute atomic E-state index is 0.113. The zero-order valence-electron chi connectivity index (χ0n) is 15.3. The molecule has 1 unspecified atom stereocenters. The van der Waals surface area contributed by atoms with Gasteiger partial charge in [-0.05, 0) is 11.6 Å². The zero-order chi connectivity index (χ0) is 21.2. The smallest absolute Gasteiger partial charge is 0.368 e. The van der Waals surface area contributed by atoms with Gasteiger partial charge in [0.15, 0.2) is 0 Å².